The third-order valence-electron chi connectivity index (χ3n) is 1.67. The van der Waals surface area contributed by atoms with E-state index in [1.54, 1.807) is 0 Å². The second-order valence-electron chi connectivity index (χ2n) is 2.86. The standard InChI is InChI=1S/C9H9Cl2FN2O/c1-2-3-13-9(15)5-4-6(12)8(11)14-7(5)10/h4H,2-3H2,1H3,(H,13,15). The van der Waals surface area contributed by atoms with Gasteiger partial charge in [0.1, 0.15) is 5.15 Å². The summed E-state index contributed by atoms with van der Waals surface area (Å²) < 4.78 is 13.0. The normalized spacial score (nSPS) is 10.1. The van der Waals surface area contributed by atoms with E-state index in [1.165, 1.54) is 0 Å². The van der Waals surface area contributed by atoms with Gasteiger partial charge >= 0.3 is 0 Å². The number of nitrogens with zero attached hydrogens (tertiary/aromatic N) is 1. The second kappa shape index (κ2) is 5.28. The van der Waals surface area contributed by atoms with Crippen molar-refractivity contribution in [3.05, 3.63) is 27.8 Å². The molecule has 3 nitrogen and oxygen atoms in total. The summed E-state index contributed by atoms with van der Waals surface area (Å²) in [5, 5.41) is 2.12. The predicted octanol–water partition coefficient (Wildman–Crippen LogP) is 2.67. The van der Waals surface area contributed by atoms with Crippen molar-refractivity contribution in [3.8, 4) is 0 Å². The highest BCUT2D eigenvalue weighted by atomic mass is 35.5. The maximum atomic E-state index is 13.0. The monoisotopic (exact) mass is 250 g/mol. The first kappa shape index (κ1) is 12.2. The van der Waals surface area contributed by atoms with E-state index in [2.05, 4.69) is 10.3 Å². The Labute approximate surface area is 96.6 Å². The van der Waals surface area contributed by atoms with Gasteiger partial charge in [0.05, 0.1) is 5.56 Å². The van der Waals surface area contributed by atoms with Crippen LogP contribution in [0.2, 0.25) is 10.3 Å². The summed E-state index contributed by atoms with van der Waals surface area (Å²) in [6.07, 6.45) is 0.785. The third-order valence-corrected chi connectivity index (χ3v) is 2.22. The number of nitrogens with one attached hydrogen (secondary N) is 1. The van der Waals surface area contributed by atoms with Gasteiger partial charge < -0.3 is 5.32 Å². The lowest BCUT2D eigenvalue weighted by Gasteiger charge is -2.05. The number of hydrogen-bond acceptors (Lipinski definition) is 2. The van der Waals surface area contributed by atoms with Gasteiger partial charge in [-0.2, -0.15) is 0 Å². The fourth-order valence-corrected chi connectivity index (χ4v) is 1.35. The van der Waals surface area contributed by atoms with Gasteiger partial charge in [-0.1, -0.05) is 30.1 Å². The summed E-state index contributed by atoms with van der Waals surface area (Å²) >= 11 is 11.0. The Bertz CT molecular complexity index is 385. The Hall–Kier alpha value is -0.870. The molecular formula is C9H9Cl2FN2O. The molecule has 0 aliphatic carbocycles. The van der Waals surface area contributed by atoms with Crippen LogP contribution >= 0.6 is 23.2 Å². The van der Waals surface area contributed by atoms with Crippen LogP contribution in [0.3, 0.4) is 0 Å². The summed E-state index contributed by atoms with van der Waals surface area (Å²) in [6.45, 7) is 2.40. The first-order chi connectivity index (χ1) is 7.06. The predicted molar refractivity (Wildman–Crippen MR) is 56.8 cm³/mol. The highest BCUT2D eigenvalue weighted by Gasteiger charge is 2.14. The van der Waals surface area contributed by atoms with Crippen LogP contribution in [-0.2, 0) is 0 Å². The summed E-state index contributed by atoms with van der Waals surface area (Å²) in [4.78, 5) is 14.9. The second-order valence-corrected chi connectivity index (χ2v) is 3.57. The Morgan fingerprint density at radius 1 is 1.53 bits per heavy atom. The number of halogens is 3. The first-order valence-electron chi connectivity index (χ1n) is 4.36. The Morgan fingerprint density at radius 2 is 2.20 bits per heavy atom. The van der Waals surface area contributed by atoms with Gasteiger partial charge in [0, 0.05) is 6.54 Å². The van der Waals surface area contributed by atoms with Crippen LogP contribution in [0.4, 0.5) is 4.39 Å². The Morgan fingerprint density at radius 3 is 2.80 bits per heavy atom. The molecule has 0 saturated heterocycles. The molecule has 1 rings (SSSR count). The lowest BCUT2D eigenvalue weighted by molar-refractivity contribution is 0.0953. The van der Waals surface area contributed by atoms with Crippen molar-refractivity contribution < 1.29 is 9.18 Å². The number of carbonyl (C=O) groups is 1. The molecule has 82 valence electrons. The zero-order chi connectivity index (χ0) is 11.4. The number of amides is 1. The van der Waals surface area contributed by atoms with E-state index in [0.29, 0.717) is 6.54 Å². The van der Waals surface area contributed by atoms with Gasteiger partial charge in [-0.05, 0) is 12.5 Å². The molecule has 6 heteroatoms. The molecule has 0 fully saturated rings. The highest BCUT2D eigenvalue weighted by molar-refractivity contribution is 6.34. The zero-order valence-corrected chi connectivity index (χ0v) is 9.49. The number of aromatic nitrogens is 1. The van der Waals surface area contributed by atoms with Crippen molar-refractivity contribution in [3.63, 3.8) is 0 Å². The molecule has 15 heavy (non-hydrogen) atoms. The van der Waals surface area contributed by atoms with Gasteiger partial charge in [-0.3, -0.25) is 4.79 Å². The maximum absolute atomic E-state index is 13.0. The number of pyridine rings is 1. The molecule has 1 amide bonds. The minimum atomic E-state index is -0.761. The number of hydrogen-bond donors (Lipinski definition) is 1. The summed E-state index contributed by atoms with van der Waals surface area (Å²) in [6, 6.07) is 0.975. The van der Waals surface area contributed by atoms with E-state index < -0.39 is 11.7 Å². The van der Waals surface area contributed by atoms with Gasteiger partial charge in [-0.15, -0.1) is 0 Å². The molecule has 0 spiro atoms. The van der Waals surface area contributed by atoms with Crippen molar-refractivity contribution >= 4 is 29.1 Å². The molecule has 1 heterocycles. The minimum absolute atomic E-state index is 0.00739. The fourth-order valence-electron chi connectivity index (χ4n) is 0.939. The number of rotatable bonds is 3. The molecule has 0 atom stereocenters. The van der Waals surface area contributed by atoms with Gasteiger partial charge in [0.15, 0.2) is 11.0 Å². The van der Waals surface area contributed by atoms with Gasteiger partial charge in [-0.25, -0.2) is 9.37 Å². The average Bonchev–Trinajstić information content (AvgIpc) is 2.20. The molecule has 1 aromatic heterocycles. The van der Waals surface area contributed by atoms with Gasteiger partial charge in [0.2, 0.25) is 0 Å². The molecule has 0 saturated carbocycles. The third kappa shape index (κ3) is 3.04. The average molecular weight is 251 g/mol. The molecule has 1 aromatic rings. The van der Waals surface area contributed by atoms with Crippen molar-refractivity contribution in [1.82, 2.24) is 10.3 Å². The van der Waals surface area contributed by atoms with E-state index >= 15 is 0 Å². The quantitative estimate of drug-likeness (QED) is 0.839. The van der Waals surface area contributed by atoms with E-state index in [0.717, 1.165) is 12.5 Å². The van der Waals surface area contributed by atoms with Crippen molar-refractivity contribution in [2.24, 2.45) is 0 Å². The molecule has 0 bridgehead atoms. The molecule has 1 N–H and O–H groups in total. The Balaban J connectivity index is 2.94. The van der Waals surface area contributed by atoms with Gasteiger partial charge in [0.25, 0.3) is 5.91 Å². The lowest BCUT2D eigenvalue weighted by atomic mass is 10.2. The van der Waals surface area contributed by atoms with Crippen LogP contribution in [0, 0.1) is 5.82 Å². The zero-order valence-electron chi connectivity index (χ0n) is 7.98. The minimum Gasteiger partial charge on any atom is -0.352 e. The SMILES string of the molecule is CCCNC(=O)c1cc(F)c(Cl)nc1Cl. The molecule has 0 aliphatic heterocycles. The van der Waals surface area contributed by atoms with Crippen LogP contribution in [-0.4, -0.2) is 17.4 Å². The summed E-state index contributed by atoms with van der Waals surface area (Å²) in [7, 11) is 0. The van der Waals surface area contributed by atoms with Crippen LogP contribution in [0.25, 0.3) is 0 Å². The largest absolute Gasteiger partial charge is 0.352 e. The Kier molecular flexibility index (Phi) is 4.29. The molecule has 0 unspecified atom stereocenters. The van der Waals surface area contributed by atoms with E-state index in [9.17, 15) is 9.18 Å². The lowest BCUT2D eigenvalue weighted by Crippen LogP contribution is -2.24. The van der Waals surface area contributed by atoms with Crippen LogP contribution in [0.5, 0.6) is 0 Å². The highest BCUT2D eigenvalue weighted by Crippen LogP contribution is 2.20. The van der Waals surface area contributed by atoms with Crippen LogP contribution < -0.4 is 5.32 Å². The first-order valence-corrected chi connectivity index (χ1v) is 5.11. The van der Waals surface area contributed by atoms with E-state index in [4.69, 9.17) is 23.2 Å². The molecule has 0 aliphatic rings. The topological polar surface area (TPSA) is 42.0 Å². The molecular weight excluding hydrogens is 242 g/mol. The van der Waals surface area contributed by atoms with Crippen molar-refractivity contribution in [2.75, 3.05) is 6.54 Å². The summed E-state index contributed by atoms with van der Waals surface area (Å²) in [5.41, 5.74) is -0.00739. The van der Waals surface area contributed by atoms with Crippen LogP contribution in [0.1, 0.15) is 23.7 Å². The summed E-state index contributed by atoms with van der Waals surface area (Å²) in [5.74, 6) is -1.22. The molecule has 0 radical (unpaired) electrons. The molecule has 0 aromatic carbocycles. The van der Waals surface area contributed by atoms with Crippen molar-refractivity contribution in [1.29, 1.82) is 0 Å². The smallest absolute Gasteiger partial charge is 0.254 e. The number of carbonyl (C=O) groups excluding carboxylic acids is 1. The van der Waals surface area contributed by atoms with E-state index in [1.807, 2.05) is 6.92 Å². The fraction of sp³-hybridized carbons (Fsp3) is 0.333. The van der Waals surface area contributed by atoms with Crippen LogP contribution in [0.15, 0.2) is 6.07 Å². The van der Waals surface area contributed by atoms with Crippen molar-refractivity contribution in [2.45, 2.75) is 13.3 Å². The maximum Gasteiger partial charge on any atom is 0.254 e. The van der Waals surface area contributed by atoms with E-state index in [-0.39, 0.29) is 15.9 Å².